The first-order valence-corrected chi connectivity index (χ1v) is 9.92. The van der Waals surface area contributed by atoms with E-state index in [1.54, 1.807) is 23.6 Å². The van der Waals surface area contributed by atoms with Gasteiger partial charge in [0.15, 0.2) is 0 Å². The Morgan fingerprint density at radius 3 is 2.41 bits per heavy atom. The molecule has 0 saturated carbocycles. The number of hydrogen-bond acceptors (Lipinski definition) is 5. The summed E-state index contributed by atoms with van der Waals surface area (Å²) in [5.74, 6) is -2.07. The Morgan fingerprint density at radius 1 is 1.19 bits per heavy atom. The van der Waals surface area contributed by atoms with Crippen LogP contribution >= 0.6 is 34.5 Å². The topological polar surface area (TPSA) is 99.5 Å². The summed E-state index contributed by atoms with van der Waals surface area (Å²) < 4.78 is 0. The Labute approximate surface area is 171 Å². The van der Waals surface area contributed by atoms with E-state index in [2.05, 4.69) is 10.3 Å². The number of carboxylic acid groups (broad SMARTS) is 2. The fourth-order valence-corrected chi connectivity index (χ4v) is 3.99. The predicted octanol–water partition coefficient (Wildman–Crippen LogP) is 4.20. The third kappa shape index (κ3) is 6.17. The van der Waals surface area contributed by atoms with Gasteiger partial charge >= 0.3 is 11.9 Å². The maximum absolute atomic E-state index is 11.6. The molecule has 0 fully saturated rings. The van der Waals surface area contributed by atoms with Gasteiger partial charge in [0.1, 0.15) is 17.1 Å². The van der Waals surface area contributed by atoms with Crippen molar-refractivity contribution in [1.82, 2.24) is 10.3 Å². The Hall–Kier alpha value is -1.67. The number of hydrogen-bond donors (Lipinski definition) is 3. The van der Waals surface area contributed by atoms with Crippen molar-refractivity contribution in [3.05, 3.63) is 39.3 Å². The summed E-state index contributed by atoms with van der Waals surface area (Å²) in [5.41, 5.74) is 1.26. The molecule has 2 aromatic rings. The number of benzene rings is 1. The molecule has 0 bridgehead atoms. The molecule has 0 radical (unpaired) electrons. The van der Waals surface area contributed by atoms with Crippen molar-refractivity contribution >= 4 is 46.5 Å². The summed E-state index contributed by atoms with van der Waals surface area (Å²) in [7, 11) is 0. The summed E-state index contributed by atoms with van der Waals surface area (Å²) in [6, 6.07) is 3.08. The van der Waals surface area contributed by atoms with E-state index in [1.807, 2.05) is 13.8 Å². The van der Waals surface area contributed by atoms with E-state index in [0.717, 1.165) is 0 Å². The number of carboxylic acids is 2. The van der Waals surface area contributed by atoms with Crippen molar-refractivity contribution in [2.24, 2.45) is 5.92 Å². The van der Waals surface area contributed by atoms with Crippen molar-refractivity contribution in [2.45, 2.75) is 38.8 Å². The SMILES string of the molecule is CC(C)C[C@H](N[C@@H](Cc1csc(-c2ccc(Cl)cc2Cl)n1)C(=O)O)C(=O)O. The normalized spacial score (nSPS) is 13.5. The molecular formula is C18H20Cl2N2O4S. The molecule has 6 nitrogen and oxygen atoms in total. The fourth-order valence-electron chi connectivity index (χ4n) is 2.57. The van der Waals surface area contributed by atoms with Crippen LogP contribution in [0.25, 0.3) is 10.6 Å². The lowest BCUT2D eigenvalue weighted by atomic mass is 10.0. The molecule has 0 unspecified atom stereocenters. The zero-order valence-corrected chi connectivity index (χ0v) is 17.1. The maximum atomic E-state index is 11.6. The van der Waals surface area contributed by atoms with Gasteiger partial charge in [0.2, 0.25) is 0 Å². The van der Waals surface area contributed by atoms with Crippen molar-refractivity contribution in [1.29, 1.82) is 0 Å². The lowest BCUT2D eigenvalue weighted by molar-refractivity contribution is -0.142. The van der Waals surface area contributed by atoms with Crippen LogP contribution in [0.1, 0.15) is 26.0 Å². The molecule has 0 spiro atoms. The number of rotatable bonds is 9. The molecule has 1 heterocycles. The minimum atomic E-state index is -1.12. The highest BCUT2D eigenvalue weighted by molar-refractivity contribution is 7.13. The van der Waals surface area contributed by atoms with Gasteiger partial charge in [-0.3, -0.25) is 14.9 Å². The molecule has 27 heavy (non-hydrogen) atoms. The third-order valence-corrected chi connectivity index (χ3v) is 5.30. The van der Waals surface area contributed by atoms with E-state index >= 15 is 0 Å². The second kappa shape index (κ2) is 9.50. The maximum Gasteiger partial charge on any atom is 0.321 e. The lowest BCUT2D eigenvalue weighted by Gasteiger charge is -2.21. The van der Waals surface area contributed by atoms with Gasteiger partial charge in [0.05, 0.1) is 10.7 Å². The minimum Gasteiger partial charge on any atom is -0.480 e. The van der Waals surface area contributed by atoms with Gasteiger partial charge in [-0.1, -0.05) is 37.0 Å². The number of nitrogens with zero attached hydrogens (tertiary/aromatic N) is 1. The van der Waals surface area contributed by atoms with E-state index in [0.29, 0.717) is 32.7 Å². The number of halogens is 2. The van der Waals surface area contributed by atoms with Crippen molar-refractivity contribution in [3.8, 4) is 10.6 Å². The van der Waals surface area contributed by atoms with Crippen LogP contribution in [0.5, 0.6) is 0 Å². The van der Waals surface area contributed by atoms with Gasteiger partial charge in [-0.05, 0) is 30.5 Å². The van der Waals surface area contributed by atoms with Crippen LogP contribution in [0.2, 0.25) is 10.0 Å². The van der Waals surface area contributed by atoms with Crippen LogP contribution in [0.15, 0.2) is 23.6 Å². The van der Waals surface area contributed by atoms with Gasteiger partial charge < -0.3 is 10.2 Å². The second-order valence-corrected chi connectivity index (χ2v) is 8.25. The first-order valence-electron chi connectivity index (χ1n) is 8.28. The van der Waals surface area contributed by atoms with Gasteiger partial charge in [0.25, 0.3) is 0 Å². The fraction of sp³-hybridized carbons (Fsp3) is 0.389. The Kier molecular flexibility index (Phi) is 7.61. The first kappa shape index (κ1) is 21.6. The summed E-state index contributed by atoms with van der Waals surface area (Å²) in [5, 5.41) is 24.9. The smallest absolute Gasteiger partial charge is 0.321 e. The second-order valence-electron chi connectivity index (χ2n) is 6.55. The Bertz CT molecular complexity index is 825. The van der Waals surface area contributed by atoms with Gasteiger partial charge in [-0.15, -0.1) is 11.3 Å². The standard InChI is InChI=1S/C18H20Cl2N2O4S/c1-9(2)5-14(17(23)24)22-15(18(25)26)7-11-8-27-16(21-11)12-4-3-10(19)6-13(12)20/h3-4,6,8-9,14-15,22H,5,7H2,1-2H3,(H,23,24)(H,25,26)/t14-,15-/m0/s1. The van der Waals surface area contributed by atoms with Crippen LogP contribution in [0.4, 0.5) is 0 Å². The molecule has 0 aliphatic carbocycles. The van der Waals surface area contributed by atoms with E-state index in [-0.39, 0.29) is 12.3 Å². The number of aromatic nitrogens is 1. The number of thiazole rings is 1. The molecule has 1 aromatic heterocycles. The average Bonchev–Trinajstić information content (AvgIpc) is 3.01. The average molecular weight is 431 g/mol. The largest absolute Gasteiger partial charge is 0.480 e. The van der Waals surface area contributed by atoms with Crippen molar-refractivity contribution in [3.63, 3.8) is 0 Å². The summed E-state index contributed by atoms with van der Waals surface area (Å²) >= 11 is 13.4. The quantitative estimate of drug-likeness (QED) is 0.550. The molecule has 3 N–H and O–H groups in total. The highest BCUT2D eigenvalue weighted by Crippen LogP contribution is 2.32. The monoisotopic (exact) mass is 430 g/mol. The van der Waals surface area contributed by atoms with E-state index in [9.17, 15) is 19.8 Å². The highest BCUT2D eigenvalue weighted by atomic mass is 35.5. The van der Waals surface area contributed by atoms with Crippen LogP contribution in [-0.4, -0.2) is 39.2 Å². The molecule has 2 atom stereocenters. The molecule has 0 aliphatic heterocycles. The molecule has 0 amide bonds. The first-order chi connectivity index (χ1) is 12.7. The molecular weight excluding hydrogens is 411 g/mol. The van der Waals surface area contributed by atoms with Gasteiger partial charge in [-0.2, -0.15) is 0 Å². The van der Waals surface area contributed by atoms with Crippen LogP contribution in [0, 0.1) is 5.92 Å². The summed E-state index contributed by atoms with van der Waals surface area (Å²) in [4.78, 5) is 27.5. The van der Waals surface area contributed by atoms with Crippen LogP contribution in [-0.2, 0) is 16.0 Å². The highest BCUT2D eigenvalue weighted by Gasteiger charge is 2.27. The summed E-state index contributed by atoms with van der Waals surface area (Å²) in [6.07, 6.45) is 0.404. The molecule has 146 valence electrons. The number of nitrogens with one attached hydrogen (secondary N) is 1. The van der Waals surface area contributed by atoms with E-state index in [1.165, 1.54) is 11.3 Å². The van der Waals surface area contributed by atoms with Gasteiger partial charge in [-0.25, -0.2) is 4.98 Å². The lowest BCUT2D eigenvalue weighted by Crippen LogP contribution is -2.48. The molecule has 9 heteroatoms. The molecule has 0 saturated heterocycles. The van der Waals surface area contributed by atoms with Crippen molar-refractivity contribution < 1.29 is 19.8 Å². The summed E-state index contributed by atoms with van der Waals surface area (Å²) in [6.45, 7) is 3.77. The third-order valence-electron chi connectivity index (χ3n) is 3.83. The number of carbonyl (C=O) groups is 2. The predicted molar refractivity (Wildman–Crippen MR) is 107 cm³/mol. The van der Waals surface area contributed by atoms with E-state index in [4.69, 9.17) is 23.2 Å². The zero-order chi connectivity index (χ0) is 20.1. The minimum absolute atomic E-state index is 0.0684. The van der Waals surface area contributed by atoms with Crippen LogP contribution < -0.4 is 5.32 Å². The Balaban J connectivity index is 2.16. The van der Waals surface area contributed by atoms with Crippen molar-refractivity contribution in [2.75, 3.05) is 0 Å². The molecule has 1 aromatic carbocycles. The van der Waals surface area contributed by atoms with E-state index < -0.39 is 24.0 Å². The van der Waals surface area contributed by atoms with Crippen LogP contribution in [0.3, 0.4) is 0 Å². The molecule has 0 aliphatic rings. The molecule has 2 rings (SSSR count). The van der Waals surface area contributed by atoms with Gasteiger partial charge in [0, 0.05) is 22.4 Å². The Morgan fingerprint density at radius 2 is 1.85 bits per heavy atom. The zero-order valence-electron chi connectivity index (χ0n) is 14.8. The number of aliphatic carboxylic acids is 2.